The average molecular weight is 194 g/mol. The van der Waals surface area contributed by atoms with E-state index in [1.54, 1.807) is 6.07 Å². The van der Waals surface area contributed by atoms with E-state index >= 15 is 0 Å². The van der Waals surface area contributed by atoms with Gasteiger partial charge in [-0.2, -0.15) is 0 Å². The monoisotopic (exact) mass is 194 g/mol. The minimum atomic E-state index is -0.190. The second-order valence-corrected chi connectivity index (χ2v) is 4.35. The molecule has 2 rings (SSSR count). The minimum Gasteiger partial charge on any atom is -0.383 e. The Morgan fingerprint density at radius 2 is 2.14 bits per heavy atom. The smallest absolute Gasteiger partial charge is 0.148 e. The van der Waals surface area contributed by atoms with E-state index in [1.807, 2.05) is 6.07 Å². The molecule has 2 nitrogen and oxygen atoms in total. The number of rotatable bonds is 0. The molecule has 0 bridgehead atoms. The zero-order valence-corrected chi connectivity index (χ0v) is 8.52. The van der Waals surface area contributed by atoms with Crippen molar-refractivity contribution in [1.29, 1.82) is 0 Å². The van der Waals surface area contributed by atoms with Gasteiger partial charge in [0.15, 0.2) is 0 Å². The Morgan fingerprint density at radius 1 is 1.36 bits per heavy atom. The van der Waals surface area contributed by atoms with Gasteiger partial charge in [0, 0.05) is 12.1 Å². The van der Waals surface area contributed by atoms with E-state index in [0.717, 1.165) is 18.7 Å². The van der Waals surface area contributed by atoms with Crippen molar-refractivity contribution in [2.75, 3.05) is 17.2 Å². The highest BCUT2D eigenvalue weighted by molar-refractivity contribution is 5.71. The Labute approximate surface area is 83.5 Å². The van der Waals surface area contributed by atoms with E-state index in [2.05, 4.69) is 24.5 Å². The second-order valence-electron chi connectivity index (χ2n) is 4.35. The van der Waals surface area contributed by atoms with Crippen molar-refractivity contribution in [2.24, 2.45) is 0 Å². The second kappa shape index (κ2) is 3.15. The van der Waals surface area contributed by atoms with E-state index in [1.165, 1.54) is 6.07 Å². The van der Waals surface area contributed by atoms with Gasteiger partial charge in [0.25, 0.3) is 0 Å². The highest BCUT2D eigenvalue weighted by Gasteiger charge is 2.23. The third-order valence-electron chi connectivity index (χ3n) is 2.54. The van der Waals surface area contributed by atoms with Gasteiger partial charge in [-0.25, -0.2) is 4.39 Å². The first-order valence-corrected chi connectivity index (χ1v) is 4.89. The molecule has 0 atom stereocenters. The summed E-state index contributed by atoms with van der Waals surface area (Å²) in [7, 11) is 0. The van der Waals surface area contributed by atoms with E-state index in [-0.39, 0.29) is 11.4 Å². The molecule has 14 heavy (non-hydrogen) atoms. The first-order chi connectivity index (χ1) is 6.58. The molecule has 0 radical (unpaired) electrons. The Bertz CT molecular complexity index is 347. The summed E-state index contributed by atoms with van der Waals surface area (Å²) < 4.78 is 13.5. The molecule has 0 unspecified atom stereocenters. The Morgan fingerprint density at radius 3 is 2.93 bits per heavy atom. The van der Waals surface area contributed by atoms with Crippen LogP contribution in [0.25, 0.3) is 0 Å². The number of nitrogens with one attached hydrogen (secondary N) is 2. The van der Waals surface area contributed by atoms with Gasteiger partial charge in [-0.15, -0.1) is 0 Å². The van der Waals surface area contributed by atoms with Gasteiger partial charge in [0.2, 0.25) is 0 Å². The van der Waals surface area contributed by atoms with Crippen LogP contribution in [0.15, 0.2) is 18.2 Å². The predicted octanol–water partition coefficient (Wildman–Crippen LogP) is 2.83. The summed E-state index contributed by atoms with van der Waals surface area (Å²) in [5.74, 6) is -0.190. The molecular weight excluding hydrogens is 179 g/mol. The van der Waals surface area contributed by atoms with Gasteiger partial charge in [-0.1, -0.05) is 6.07 Å². The SMILES string of the molecule is CC1(C)CCNc2cccc(F)c2N1. The lowest BCUT2D eigenvalue weighted by Crippen LogP contribution is -2.31. The quantitative estimate of drug-likeness (QED) is 0.663. The fourth-order valence-electron chi connectivity index (χ4n) is 1.71. The Kier molecular flexibility index (Phi) is 2.10. The summed E-state index contributed by atoms with van der Waals surface area (Å²) >= 11 is 0. The lowest BCUT2D eigenvalue weighted by Gasteiger charge is -2.25. The van der Waals surface area contributed by atoms with Crippen LogP contribution in [0.3, 0.4) is 0 Å². The lowest BCUT2D eigenvalue weighted by molar-refractivity contribution is 0.534. The van der Waals surface area contributed by atoms with Crippen LogP contribution in [0.1, 0.15) is 20.3 Å². The Hall–Kier alpha value is -1.25. The van der Waals surface area contributed by atoms with Crippen molar-refractivity contribution in [3.8, 4) is 0 Å². The van der Waals surface area contributed by atoms with Gasteiger partial charge >= 0.3 is 0 Å². The summed E-state index contributed by atoms with van der Waals surface area (Å²) in [5, 5.41) is 6.45. The topological polar surface area (TPSA) is 24.1 Å². The minimum absolute atomic E-state index is 0.0551. The molecule has 76 valence electrons. The van der Waals surface area contributed by atoms with Gasteiger partial charge in [-0.05, 0) is 32.4 Å². The van der Waals surface area contributed by atoms with Gasteiger partial charge in [0.1, 0.15) is 5.82 Å². The van der Waals surface area contributed by atoms with Crippen LogP contribution < -0.4 is 10.6 Å². The molecule has 0 amide bonds. The summed E-state index contributed by atoms with van der Waals surface area (Å²) in [6.07, 6.45) is 0.973. The molecule has 0 aromatic heterocycles. The maximum absolute atomic E-state index is 13.5. The van der Waals surface area contributed by atoms with Gasteiger partial charge < -0.3 is 10.6 Å². The summed E-state index contributed by atoms with van der Waals surface area (Å²) in [6.45, 7) is 5.03. The molecular formula is C11H15FN2. The van der Waals surface area contributed by atoms with Gasteiger partial charge in [0.05, 0.1) is 11.4 Å². The molecule has 0 fully saturated rings. The molecule has 3 heteroatoms. The fraction of sp³-hybridized carbons (Fsp3) is 0.455. The van der Waals surface area contributed by atoms with E-state index in [0.29, 0.717) is 5.69 Å². The zero-order chi connectivity index (χ0) is 10.2. The highest BCUT2D eigenvalue weighted by Crippen LogP contribution is 2.31. The van der Waals surface area contributed by atoms with Crippen LogP contribution in [-0.4, -0.2) is 12.1 Å². The van der Waals surface area contributed by atoms with Crippen LogP contribution >= 0.6 is 0 Å². The maximum Gasteiger partial charge on any atom is 0.148 e. The summed E-state index contributed by atoms with van der Waals surface area (Å²) in [6, 6.07) is 5.10. The highest BCUT2D eigenvalue weighted by atomic mass is 19.1. The van der Waals surface area contributed by atoms with Crippen LogP contribution in [-0.2, 0) is 0 Å². The van der Waals surface area contributed by atoms with Crippen LogP contribution in [0.5, 0.6) is 0 Å². The number of halogens is 1. The number of hydrogen-bond acceptors (Lipinski definition) is 2. The maximum atomic E-state index is 13.5. The van der Waals surface area contributed by atoms with E-state index in [4.69, 9.17) is 0 Å². The molecule has 1 aromatic carbocycles. The van der Waals surface area contributed by atoms with E-state index < -0.39 is 0 Å². The molecule has 1 aliphatic heterocycles. The number of hydrogen-bond donors (Lipinski definition) is 2. The molecule has 1 heterocycles. The zero-order valence-electron chi connectivity index (χ0n) is 8.52. The van der Waals surface area contributed by atoms with Crippen molar-refractivity contribution >= 4 is 11.4 Å². The summed E-state index contributed by atoms with van der Waals surface area (Å²) in [5.41, 5.74) is 1.39. The number of anilines is 2. The van der Waals surface area contributed by atoms with Crippen LogP contribution in [0.4, 0.5) is 15.8 Å². The summed E-state index contributed by atoms with van der Waals surface area (Å²) in [4.78, 5) is 0. The van der Waals surface area contributed by atoms with Gasteiger partial charge in [-0.3, -0.25) is 0 Å². The molecule has 0 aliphatic carbocycles. The van der Waals surface area contributed by atoms with Crippen molar-refractivity contribution in [3.05, 3.63) is 24.0 Å². The number of fused-ring (bicyclic) bond motifs is 1. The molecule has 1 aliphatic rings. The molecule has 1 aromatic rings. The molecule has 0 saturated heterocycles. The standard InChI is InChI=1S/C11H15FN2/c1-11(2)6-7-13-9-5-3-4-8(12)10(9)14-11/h3-5,13-14H,6-7H2,1-2H3. The fourth-order valence-corrected chi connectivity index (χ4v) is 1.71. The van der Waals surface area contributed by atoms with Crippen molar-refractivity contribution in [1.82, 2.24) is 0 Å². The average Bonchev–Trinajstić information content (AvgIpc) is 2.24. The Balaban J connectivity index is 2.43. The van der Waals surface area contributed by atoms with Crippen LogP contribution in [0.2, 0.25) is 0 Å². The number of para-hydroxylation sites is 1. The predicted molar refractivity (Wildman–Crippen MR) is 57.2 cm³/mol. The third kappa shape index (κ3) is 1.67. The third-order valence-corrected chi connectivity index (χ3v) is 2.54. The van der Waals surface area contributed by atoms with Crippen molar-refractivity contribution in [2.45, 2.75) is 25.8 Å². The van der Waals surface area contributed by atoms with E-state index in [9.17, 15) is 4.39 Å². The molecule has 0 spiro atoms. The first kappa shape index (κ1) is 9.31. The number of benzene rings is 1. The van der Waals surface area contributed by atoms with Crippen LogP contribution in [0, 0.1) is 5.82 Å². The lowest BCUT2D eigenvalue weighted by atomic mass is 10.0. The normalized spacial score (nSPS) is 18.8. The van der Waals surface area contributed by atoms with Crippen molar-refractivity contribution < 1.29 is 4.39 Å². The van der Waals surface area contributed by atoms with Crippen molar-refractivity contribution in [3.63, 3.8) is 0 Å². The molecule has 2 N–H and O–H groups in total. The molecule has 0 saturated carbocycles. The first-order valence-electron chi connectivity index (χ1n) is 4.89. The largest absolute Gasteiger partial charge is 0.383 e.